The van der Waals surface area contributed by atoms with Crippen LogP contribution in [0.1, 0.15) is 5.56 Å². The molecule has 0 aliphatic carbocycles. The zero-order valence-corrected chi connectivity index (χ0v) is 11.2. The fourth-order valence-electron chi connectivity index (χ4n) is 1.56. The smallest absolute Gasteiger partial charge is 0.0638 e. The van der Waals surface area contributed by atoms with Gasteiger partial charge in [0.2, 0.25) is 0 Å². The van der Waals surface area contributed by atoms with Crippen molar-refractivity contribution in [3.05, 3.63) is 70.2 Å². The predicted octanol–water partition coefficient (Wildman–Crippen LogP) is 5.12. The summed E-state index contributed by atoms with van der Waals surface area (Å²) in [5, 5.41) is 4.57. The molecule has 0 radical (unpaired) electrons. The highest BCUT2D eigenvalue weighted by molar-refractivity contribution is 6.35. The van der Waals surface area contributed by atoms with Gasteiger partial charge in [-0.15, -0.1) is 0 Å². The van der Waals surface area contributed by atoms with Crippen LogP contribution in [0.25, 0.3) is 6.08 Å². The van der Waals surface area contributed by atoms with Crippen molar-refractivity contribution in [1.29, 1.82) is 0 Å². The lowest BCUT2D eigenvalue weighted by atomic mass is 10.2. The van der Waals surface area contributed by atoms with Gasteiger partial charge in [0.25, 0.3) is 0 Å². The van der Waals surface area contributed by atoms with Crippen LogP contribution < -0.4 is 5.32 Å². The Balaban J connectivity index is 1.92. The molecule has 0 aliphatic rings. The van der Waals surface area contributed by atoms with Gasteiger partial charge in [-0.2, -0.15) is 0 Å². The topological polar surface area (TPSA) is 12.0 Å². The maximum absolute atomic E-state index is 6.05. The number of nitrogens with one attached hydrogen (secondary N) is 1. The highest BCUT2D eigenvalue weighted by Gasteiger charge is 1.98. The van der Waals surface area contributed by atoms with Crippen molar-refractivity contribution in [2.45, 2.75) is 0 Å². The molecule has 18 heavy (non-hydrogen) atoms. The molecule has 0 heterocycles. The third-order valence-electron chi connectivity index (χ3n) is 2.45. The van der Waals surface area contributed by atoms with Crippen molar-refractivity contribution in [1.82, 2.24) is 0 Å². The molecule has 0 fully saturated rings. The average Bonchev–Trinajstić information content (AvgIpc) is 2.40. The Hall–Kier alpha value is -1.44. The van der Waals surface area contributed by atoms with E-state index in [2.05, 4.69) is 23.5 Å². The summed E-state index contributed by atoms with van der Waals surface area (Å²) in [6, 6.07) is 15.5. The maximum atomic E-state index is 6.05. The molecule has 0 saturated carbocycles. The summed E-state index contributed by atoms with van der Waals surface area (Å²) in [6.07, 6.45) is 4.11. The monoisotopic (exact) mass is 277 g/mol. The number of rotatable bonds is 4. The van der Waals surface area contributed by atoms with E-state index < -0.39 is 0 Å². The molecule has 2 rings (SSSR count). The van der Waals surface area contributed by atoms with E-state index in [0.717, 1.165) is 5.69 Å². The summed E-state index contributed by atoms with van der Waals surface area (Å²) in [5.74, 6) is 0. The Bertz CT molecular complexity index is 535. The third kappa shape index (κ3) is 3.80. The lowest BCUT2D eigenvalue weighted by molar-refractivity contribution is 1.34. The summed E-state index contributed by atoms with van der Waals surface area (Å²) in [7, 11) is 0. The summed E-state index contributed by atoms with van der Waals surface area (Å²) in [4.78, 5) is 0. The molecule has 0 saturated heterocycles. The third-order valence-corrected chi connectivity index (χ3v) is 3.01. The minimum atomic E-state index is 0.674. The molecule has 1 nitrogen and oxygen atoms in total. The lowest BCUT2D eigenvalue weighted by Crippen LogP contribution is -1.98. The standard InChI is InChI=1S/C15H13Cl2N/c16-13-8-9-14(17)15(11-13)18-10-4-7-12-5-2-1-3-6-12/h1-9,11,18H,10H2. The second kappa shape index (κ2) is 6.48. The number of halogens is 2. The van der Waals surface area contributed by atoms with Crippen LogP contribution in [0.15, 0.2) is 54.6 Å². The van der Waals surface area contributed by atoms with Crippen LogP contribution in [0.4, 0.5) is 5.69 Å². The Morgan fingerprint density at radius 2 is 1.78 bits per heavy atom. The van der Waals surface area contributed by atoms with Crippen LogP contribution in [0.5, 0.6) is 0 Å². The maximum Gasteiger partial charge on any atom is 0.0638 e. The van der Waals surface area contributed by atoms with E-state index in [9.17, 15) is 0 Å². The zero-order valence-electron chi connectivity index (χ0n) is 9.74. The SMILES string of the molecule is Clc1ccc(Cl)c(NCC=Cc2ccccc2)c1. The van der Waals surface area contributed by atoms with Crippen molar-refractivity contribution >= 4 is 35.0 Å². The molecule has 0 amide bonds. The minimum Gasteiger partial charge on any atom is -0.380 e. The van der Waals surface area contributed by atoms with Gasteiger partial charge in [-0.1, -0.05) is 65.7 Å². The van der Waals surface area contributed by atoms with E-state index in [1.165, 1.54) is 5.56 Å². The van der Waals surface area contributed by atoms with Crippen molar-refractivity contribution in [3.63, 3.8) is 0 Å². The molecule has 2 aromatic rings. The normalized spacial score (nSPS) is 10.8. The number of hydrogen-bond donors (Lipinski definition) is 1. The van der Waals surface area contributed by atoms with Gasteiger partial charge < -0.3 is 5.32 Å². The summed E-state index contributed by atoms with van der Waals surface area (Å²) in [5.41, 5.74) is 2.03. The molecule has 2 aromatic carbocycles. The largest absolute Gasteiger partial charge is 0.380 e. The van der Waals surface area contributed by atoms with Gasteiger partial charge in [-0.3, -0.25) is 0 Å². The summed E-state index contributed by atoms with van der Waals surface area (Å²) >= 11 is 12.0. The van der Waals surface area contributed by atoms with E-state index >= 15 is 0 Å². The van der Waals surface area contributed by atoms with Gasteiger partial charge in [-0.05, 0) is 23.8 Å². The van der Waals surface area contributed by atoms with E-state index in [4.69, 9.17) is 23.2 Å². The highest BCUT2D eigenvalue weighted by atomic mass is 35.5. The first-order chi connectivity index (χ1) is 8.75. The van der Waals surface area contributed by atoms with E-state index in [0.29, 0.717) is 16.6 Å². The fourth-order valence-corrected chi connectivity index (χ4v) is 1.92. The second-order valence-corrected chi connectivity index (χ2v) is 4.66. The quantitative estimate of drug-likeness (QED) is 0.818. The van der Waals surface area contributed by atoms with Gasteiger partial charge in [0.15, 0.2) is 0 Å². The van der Waals surface area contributed by atoms with Crippen LogP contribution in [0.2, 0.25) is 10.0 Å². The molecule has 0 aliphatic heterocycles. The van der Waals surface area contributed by atoms with Crippen molar-refractivity contribution in [2.24, 2.45) is 0 Å². The Morgan fingerprint density at radius 1 is 1.00 bits per heavy atom. The predicted molar refractivity (Wildman–Crippen MR) is 80.4 cm³/mol. The molecule has 0 spiro atoms. The first-order valence-corrected chi connectivity index (χ1v) is 6.42. The number of benzene rings is 2. The van der Waals surface area contributed by atoms with Crippen LogP contribution in [-0.2, 0) is 0 Å². The molecule has 1 N–H and O–H groups in total. The average molecular weight is 278 g/mol. The van der Waals surface area contributed by atoms with E-state index in [1.807, 2.05) is 30.3 Å². The molecular formula is C15H13Cl2N. The fraction of sp³-hybridized carbons (Fsp3) is 0.0667. The minimum absolute atomic E-state index is 0.674. The molecule has 0 bridgehead atoms. The summed E-state index contributed by atoms with van der Waals surface area (Å²) < 4.78 is 0. The van der Waals surface area contributed by atoms with Crippen molar-refractivity contribution in [3.8, 4) is 0 Å². The first-order valence-electron chi connectivity index (χ1n) is 5.66. The Kier molecular flexibility index (Phi) is 4.68. The van der Waals surface area contributed by atoms with Crippen molar-refractivity contribution < 1.29 is 0 Å². The molecule has 92 valence electrons. The van der Waals surface area contributed by atoms with Gasteiger partial charge in [-0.25, -0.2) is 0 Å². The highest BCUT2D eigenvalue weighted by Crippen LogP contribution is 2.25. The number of hydrogen-bond acceptors (Lipinski definition) is 1. The zero-order chi connectivity index (χ0) is 12.8. The van der Waals surface area contributed by atoms with Gasteiger partial charge in [0.1, 0.15) is 0 Å². The Labute approximate surface area is 117 Å². The molecular weight excluding hydrogens is 265 g/mol. The molecule has 0 atom stereocenters. The van der Waals surface area contributed by atoms with Gasteiger partial charge in [0.05, 0.1) is 10.7 Å². The van der Waals surface area contributed by atoms with Crippen LogP contribution in [0.3, 0.4) is 0 Å². The molecule has 0 unspecified atom stereocenters. The van der Waals surface area contributed by atoms with E-state index in [-0.39, 0.29) is 0 Å². The van der Waals surface area contributed by atoms with E-state index in [1.54, 1.807) is 12.1 Å². The first kappa shape index (κ1) is 13.0. The molecule has 3 heteroatoms. The van der Waals surface area contributed by atoms with Crippen LogP contribution >= 0.6 is 23.2 Å². The number of anilines is 1. The van der Waals surface area contributed by atoms with Crippen LogP contribution in [-0.4, -0.2) is 6.54 Å². The molecule has 0 aromatic heterocycles. The van der Waals surface area contributed by atoms with Crippen LogP contribution in [0, 0.1) is 0 Å². The lowest BCUT2D eigenvalue weighted by Gasteiger charge is -2.06. The van der Waals surface area contributed by atoms with Gasteiger partial charge in [0, 0.05) is 11.6 Å². The second-order valence-electron chi connectivity index (χ2n) is 3.82. The van der Waals surface area contributed by atoms with Crippen molar-refractivity contribution in [2.75, 3.05) is 11.9 Å². The Morgan fingerprint density at radius 3 is 2.56 bits per heavy atom. The summed E-state index contributed by atoms with van der Waals surface area (Å²) in [6.45, 7) is 0.703. The van der Waals surface area contributed by atoms with Gasteiger partial charge >= 0.3 is 0 Å².